The van der Waals surface area contributed by atoms with Crippen molar-refractivity contribution >= 4 is 32.3 Å². The minimum Gasteiger partial charge on any atom is -0.459 e. The fraction of sp³-hybridized carbons (Fsp3) is 0.316. The summed E-state index contributed by atoms with van der Waals surface area (Å²) in [6.07, 6.45) is 2.43. The molecule has 0 unspecified atom stereocenters. The van der Waals surface area contributed by atoms with Crippen LogP contribution < -0.4 is 5.56 Å². The molecule has 1 fully saturated rings. The molecule has 10 heteroatoms. The van der Waals surface area contributed by atoms with Gasteiger partial charge in [-0.1, -0.05) is 18.2 Å². The largest absolute Gasteiger partial charge is 0.459 e. The molecule has 0 radical (unpaired) electrons. The van der Waals surface area contributed by atoms with E-state index in [0.29, 0.717) is 23.5 Å². The van der Waals surface area contributed by atoms with E-state index in [0.717, 1.165) is 0 Å². The third-order valence-electron chi connectivity index (χ3n) is 4.89. The zero-order valence-corrected chi connectivity index (χ0v) is 17.1. The van der Waals surface area contributed by atoms with Gasteiger partial charge >= 0.3 is 5.97 Å². The first-order chi connectivity index (χ1) is 13.9. The number of hydrogen-bond acceptors (Lipinski definition) is 7. The topological polar surface area (TPSA) is 98.1 Å². The van der Waals surface area contributed by atoms with Crippen LogP contribution in [0.3, 0.4) is 0 Å². The van der Waals surface area contributed by atoms with Crippen molar-refractivity contribution in [3.63, 3.8) is 0 Å². The van der Waals surface area contributed by atoms with Crippen LogP contribution in [-0.2, 0) is 26.2 Å². The third-order valence-corrected chi connectivity index (χ3v) is 7.56. The summed E-state index contributed by atoms with van der Waals surface area (Å²) in [5.74, 6) is -0.765. The van der Waals surface area contributed by atoms with E-state index in [1.807, 2.05) is 0 Å². The molecule has 1 aliphatic heterocycles. The normalized spacial score (nSPS) is 16.1. The molecule has 152 valence electrons. The third kappa shape index (κ3) is 4.09. The fourth-order valence-corrected chi connectivity index (χ4v) is 5.53. The van der Waals surface area contributed by atoms with E-state index < -0.39 is 16.0 Å². The number of thiazole rings is 1. The van der Waals surface area contributed by atoms with Gasteiger partial charge < -0.3 is 4.74 Å². The number of sulfonamides is 1. The fourth-order valence-electron chi connectivity index (χ4n) is 3.30. The van der Waals surface area contributed by atoms with Crippen molar-refractivity contribution in [2.45, 2.75) is 24.3 Å². The van der Waals surface area contributed by atoms with Crippen LogP contribution in [0.2, 0.25) is 0 Å². The van der Waals surface area contributed by atoms with Gasteiger partial charge in [-0.15, -0.1) is 11.3 Å². The summed E-state index contributed by atoms with van der Waals surface area (Å²) in [5.41, 5.74) is 0.177. The predicted molar refractivity (Wildman–Crippen MR) is 107 cm³/mol. The molecule has 3 aromatic rings. The van der Waals surface area contributed by atoms with Gasteiger partial charge in [-0.3, -0.25) is 14.0 Å². The molecule has 4 rings (SSSR count). The lowest BCUT2D eigenvalue weighted by Gasteiger charge is -2.30. The molecule has 0 saturated carbocycles. The Morgan fingerprint density at radius 3 is 2.66 bits per heavy atom. The van der Waals surface area contributed by atoms with Gasteiger partial charge in [-0.2, -0.15) is 4.31 Å². The summed E-state index contributed by atoms with van der Waals surface area (Å²) in [6, 6.07) is 9.61. The van der Waals surface area contributed by atoms with Gasteiger partial charge in [-0.25, -0.2) is 13.4 Å². The molecule has 1 aliphatic rings. The van der Waals surface area contributed by atoms with Crippen molar-refractivity contribution in [2.75, 3.05) is 13.1 Å². The number of carbonyl (C=O) groups is 1. The number of fused-ring (bicyclic) bond motifs is 1. The second kappa shape index (κ2) is 8.05. The minimum atomic E-state index is -3.55. The summed E-state index contributed by atoms with van der Waals surface area (Å²) >= 11 is 1.33. The Labute approximate surface area is 171 Å². The second-order valence-electron chi connectivity index (χ2n) is 6.74. The van der Waals surface area contributed by atoms with Gasteiger partial charge in [0.2, 0.25) is 10.0 Å². The molecule has 0 amide bonds. The Kier molecular flexibility index (Phi) is 5.48. The van der Waals surface area contributed by atoms with Crippen molar-refractivity contribution in [3.8, 4) is 0 Å². The molecule has 1 aromatic carbocycles. The van der Waals surface area contributed by atoms with Crippen LogP contribution in [-0.4, -0.2) is 41.2 Å². The maximum Gasteiger partial charge on any atom is 0.309 e. The number of aromatic nitrogens is 2. The maximum atomic E-state index is 12.7. The number of piperidine rings is 1. The number of benzene rings is 1. The zero-order chi connectivity index (χ0) is 20.4. The highest BCUT2D eigenvalue weighted by molar-refractivity contribution is 7.89. The molecular weight excluding hydrogens is 414 g/mol. The average Bonchev–Trinajstić information content (AvgIpc) is 3.22. The summed E-state index contributed by atoms with van der Waals surface area (Å²) in [6.45, 7) is 0.445. The second-order valence-corrected chi connectivity index (χ2v) is 9.55. The Morgan fingerprint density at radius 2 is 1.93 bits per heavy atom. The van der Waals surface area contributed by atoms with Crippen molar-refractivity contribution < 1.29 is 17.9 Å². The number of hydrogen-bond donors (Lipinski definition) is 0. The first-order valence-corrected chi connectivity index (χ1v) is 11.4. The van der Waals surface area contributed by atoms with E-state index in [-0.39, 0.29) is 36.1 Å². The first kappa shape index (κ1) is 19.7. The molecule has 29 heavy (non-hydrogen) atoms. The SMILES string of the molecule is O=C(OCc1cc(=O)n2ccsc2n1)C1CCN(S(=O)(=O)c2ccccc2)CC1. The summed E-state index contributed by atoms with van der Waals surface area (Å²) in [4.78, 5) is 29.5. The molecule has 0 spiro atoms. The average molecular weight is 434 g/mol. The molecule has 2 aromatic heterocycles. The molecule has 1 saturated heterocycles. The van der Waals surface area contributed by atoms with E-state index in [1.165, 1.54) is 26.1 Å². The van der Waals surface area contributed by atoms with E-state index in [9.17, 15) is 18.0 Å². The van der Waals surface area contributed by atoms with E-state index >= 15 is 0 Å². The number of rotatable bonds is 5. The van der Waals surface area contributed by atoms with Crippen LogP contribution in [0.15, 0.2) is 57.7 Å². The Morgan fingerprint density at radius 1 is 1.21 bits per heavy atom. The lowest BCUT2D eigenvalue weighted by Crippen LogP contribution is -2.40. The molecular formula is C19H19N3O5S2. The number of nitrogens with zero attached hydrogens (tertiary/aromatic N) is 3. The van der Waals surface area contributed by atoms with Crippen LogP contribution in [0.5, 0.6) is 0 Å². The lowest BCUT2D eigenvalue weighted by atomic mass is 9.98. The van der Waals surface area contributed by atoms with Crippen LogP contribution >= 0.6 is 11.3 Å². The zero-order valence-electron chi connectivity index (χ0n) is 15.4. The van der Waals surface area contributed by atoms with Crippen molar-refractivity contribution in [1.82, 2.24) is 13.7 Å². The number of ether oxygens (including phenoxy) is 1. The van der Waals surface area contributed by atoms with Crippen molar-refractivity contribution in [1.29, 1.82) is 0 Å². The Bertz CT molecular complexity index is 1180. The monoisotopic (exact) mass is 433 g/mol. The van der Waals surface area contributed by atoms with Crippen molar-refractivity contribution in [2.24, 2.45) is 5.92 Å². The predicted octanol–water partition coefficient (Wildman–Crippen LogP) is 1.90. The van der Waals surface area contributed by atoms with Crippen LogP contribution in [0.4, 0.5) is 0 Å². The molecule has 0 bridgehead atoms. The molecule has 0 atom stereocenters. The smallest absolute Gasteiger partial charge is 0.309 e. The van der Waals surface area contributed by atoms with Gasteiger partial charge in [0.05, 0.1) is 16.5 Å². The number of carbonyl (C=O) groups excluding carboxylic acids is 1. The van der Waals surface area contributed by atoms with E-state index in [4.69, 9.17) is 4.74 Å². The van der Waals surface area contributed by atoms with Crippen molar-refractivity contribution in [3.05, 3.63) is 64.0 Å². The quantitative estimate of drug-likeness (QED) is 0.570. The summed E-state index contributed by atoms with van der Waals surface area (Å²) in [7, 11) is -3.55. The minimum absolute atomic E-state index is 0.0784. The van der Waals surface area contributed by atoms with Crippen LogP contribution in [0.1, 0.15) is 18.5 Å². The Hall–Kier alpha value is -2.56. The lowest BCUT2D eigenvalue weighted by molar-refractivity contribution is -0.151. The van der Waals surface area contributed by atoms with Gasteiger partial charge in [-0.05, 0) is 25.0 Å². The van der Waals surface area contributed by atoms with Gasteiger partial charge in [0.25, 0.3) is 5.56 Å². The molecule has 8 nitrogen and oxygen atoms in total. The molecule has 3 heterocycles. The molecule has 0 aliphatic carbocycles. The summed E-state index contributed by atoms with van der Waals surface area (Å²) in [5, 5.41) is 1.76. The molecule has 0 N–H and O–H groups in total. The van der Waals surface area contributed by atoms with Crippen LogP contribution in [0.25, 0.3) is 4.96 Å². The van der Waals surface area contributed by atoms with Crippen LogP contribution in [0, 0.1) is 5.92 Å². The van der Waals surface area contributed by atoms with Gasteiger partial charge in [0.15, 0.2) is 4.96 Å². The van der Waals surface area contributed by atoms with E-state index in [2.05, 4.69) is 4.98 Å². The van der Waals surface area contributed by atoms with Gasteiger partial charge in [0, 0.05) is 30.7 Å². The first-order valence-electron chi connectivity index (χ1n) is 9.13. The van der Waals surface area contributed by atoms with E-state index in [1.54, 1.807) is 41.9 Å². The Balaban J connectivity index is 1.35. The summed E-state index contributed by atoms with van der Waals surface area (Å²) < 4.78 is 33.5. The maximum absolute atomic E-state index is 12.7. The standard InChI is InChI=1S/C19H19N3O5S2/c23-17-12-15(20-19-22(17)10-11-28-19)13-27-18(24)14-6-8-21(9-7-14)29(25,26)16-4-2-1-3-5-16/h1-5,10-12,14H,6-9,13H2. The highest BCUT2D eigenvalue weighted by Crippen LogP contribution is 2.24. The number of esters is 1. The highest BCUT2D eigenvalue weighted by atomic mass is 32.2. The highest BCUT2D eigenvalue weighted by Gasteiger charge is 2.32. The van der Waals surface area contributed by atoms with Gasteiger partial charge in [0.1, 0.15) is 6.61 Å².